The van der Waals surface area contributed by atoms with Crippen LogP contribution in [-0.2, 0) is 9.53 Å². The first kappa shape index (κ1) is 14.6. The highest BCUT2D eigenvalue weighted by Gasteiger charge is 2.16. The molecule has 0 aromatic heterocycles. The fraction of sp³-hybridized carbons (Fsp3) is 0.273. The van der Waals surface area contributed by atoms with Crippen molar-refractivity contribution in [3.05, 3.63) is 23.8 Å². The zero-order valence-corrected chi connectivity index (χ0v) is 11.7. The summed E-state index contributed by atoms with van der Waals surface area (Å²) < 4.78 is 4.03. The van der Waals surface area contributed by atoms with Gasteiger partial charge in [-0.25, -0.2) is 0 Å². The summed E-state index contributed by atoms with van der Waals surface area (Å²) in [5.41, 5.74) is 0.193. The number of benzene rings is 1. The highest BCUT2D eigenvalue weighted by atomic mass is 127. The Morgan fingerprint density at radius 2 is 2.06 bits per heavy atom. The van der Waals surface area contributed by atoms with Crippen LogP contribution in [0.1, 0.15) is 10.4 Å². The number of halogens is 1. The average molecular weight is 365 g/mol. The Morgan fingerprint density at radius 1 is 1.39 bits per heavy atom. The number of hydrogen-bond acceptors (Lipinski definition) is 5. The van der Waals surface area contributed by atoms with Crippen LogP contribution >= 0.6 is 22.6 Å². The normalized spacial score (nSPS) is 11.7. The molecule has 0 bridgehead atoms. The zero-order chi connectivity index (χ0) is 13.7. The fourth-order valence-corrected chi connectivity index (χ4v) is 1.63. The smallest absolute Gasteiger partial charge is 0.320 e. The molecule has 1 unspecified atom stereocenters. The molecule has 1 rings (SSSR count). The van der Waals surface area contributed by atoms with E-state index in [4.69, 9.17) is 5.11 Å². The third-order valence-corrected chi connectivity index (χ3v) is 3.09. The Labute approximate surface area is 117 Å². The van der Waals surface area contributed by atoms with Crippen LogP contribution in [0.25, 0.3) is 0 Å². The van der Waals surface area contributed by atoms with E-state index in [1.807, 2.05) is 22.6 Å². The lowest BCUT2D eigenvalue weighted by molar-refractivity contribution is -0.139. The van der Waals surface area contributed by atoms with E-state index in [0.717, 1.165) is 6.07 Å². The van der Waals surface area contributed by atoms with Crippen molar-refractivity contribution in [2.45, 2.75) is 3.92 Å². The summed E-state index contributed by atoms with van der Waals surface area (Å²) in [5, 5.41) is 20.9. The molecule has 0 heterocycles. The van der Waals surface area contributed by atoms with Gasteiger partial charge < -0.3 is 20.3 Å². The maximum Gasteiger partial charge on any atom is 0.320 e. The van der Waals surface area contributed by atoms with Crippen molar-refractivity contribution in [3.8, 4) is 11.5 Å². The lowest BCUT2D eigenvalue weighted by Gasteiger charge is -2.09. The minimum Gasteiger partial charge on any atom is -0.504 e. The van der Waals surface area contributed by atoms with Crippen molar-refractivity contribution in [1.29, 1.82) is 0 Å². The highest BCUT2D eigenvalue weighted by molar-refractivity contribution is 14.1. The lowest BCUT2D eigenvalue weighted by atomic mass is 10.2. The van der Waals surface area contributed by atoms with Gasteiger partial charge in [0.2, 0.25) is 0 Å². The summed E-state index contributed by atoms with van der Waals surface area (Å²) in [4.78, 5) is 22.8. The van der Waals surface area contributed by atoms with Crippen molar-refractivity contribution in [2.75, 3.05) is 13.7 Å². The second-order valence-electron chi connectivity index (χ2n) is 3.40. The van der Waals surface area contributed by atoms with E-state index >= 15 is 0 Å². The molecule has 0 aliphatic heterocycles. The third-order valence-electron chi connectivity index (χ3n) is 2.14. The average Bonchev–Trinajstić information content (AvgIpc) is 2.37. The van der Waals surface area contributed by atoms with Gasteiger partial charge >= 0.3 is 5.97 Å². The van der Waals surface area contributed by atoms with E-state index < -0.39 is 15.8 Å². The van der Waals surface area contributed by atoms with Crippen LogP contribution in [-0.4, -0.2) is 39.7 Å². The molecule has 1 aromatic rings. The van der Waals surface area contributed by atoms with Crippen molar-refractivity contribution in [3.63, 3.8) is 0 Å². The van der Waals surface area contributed by atoms with Crippen molar-refractivity contribution >= 4 is 34.5 Å². The minimum absolute atomic E-state index is 0.119. The first-order valence-electron chi connectivity index (χ1n) is 4.97. The lowest BCUT2D eigenvalue weighted by Crippen LogP contribution is -2.33. The van der Waals surface area contributed by atoms with Gasteiger partial charge in [-0.1, -0.05) is 22.6 Å². The fourth-order valence-electron chi connectivity index (χ4n) is 1.16. The number of rotatable bonds is 4. The number of nitrogens with one attached hydrogen (secondary N) is 1. The summed E-state index contributed by atoms with van der Waals surface area (Å²) in [6.45, 7) is 0.119. The van der Waals surface area contributed by atoms with Crippen LogP contribution in [0.3, 0.4) is 0 Å². The number of alkyl halides is 1. The largest absolute Gasteiger partial charge is 0.504 e. The summed E-state index contributed by atoms with van der Waals surface area (Å²) in [6, 6.07) is 3.72. The number of hydrogen-bond donors (Lipinski definition) is 3. The summed E-state index contributed by atoms with van der Waals surface area (Å²) in [6.07, 6.45) is 0. The first-order chi connectivity index (χ1) is 8.45. The molecule has 98 valence electrons. The zero-order valence-electron chi connectivity index (χ0n) is 9.51. The molecule has 6 nitrogen and oxygen atoms in total. The Kier molecular flexibility index (Phi) is 5.20. The van der Waals surface area contributed by atoms with Crippen LogP contribution in [0.15, 0.2) is 18.2 Å². The summed E-state index contributed by atoms with van der Waals surface area (Å²) >= 11 is 1.85. The van der Waals surface area contributed by atoms with Crippen LogP contribution < -0.4 is 5.32 Å². The molecule has 0 saturated heterocycles. The number of phenols is 2. The molecule has 1 amide bonds. The topological polar surface area (TPSA) is 95.9 Å². The molecule has 0 saturated carbocycles. The van der Waals surface area contributed by atoms with Gasteiger partial charge in [-0.05, 0) is 18.2 Å². The first-order valence-corrected chi connectivity index (χ1v) is 6.22. The quantitative estimate of drug-likeness (QED) is 0.318. The molecule has 0 aliphatic rings. The van der Waals surface area contributed by atoms with Crippen LogP contribution in [0, 0.1) is 0 Å². The maximum absolute atomic E-state index is 11.7. The Hall–Kier alpha value is -1.51. The molecule has 0 aliphatic carbocycles. The van der Waals surface area contributed by atoms with Crippen molar-refractivity contribution in [1.82, 2.24) is 5.32 Å². The molecule has 1 atom stereocenters. The molecule has 7 heteroatoms. The van der Waals surface area contributed by atoms with Crippen molar-refractivity contribution in [2.24, 2.45) is 0 Å². The van der Waals surface area contributed by atoms with E-state index in [2.05, 4.69) is 10.1 Å². The van der Waals surface area contributed by atoms with Gasteiger partial charge in [0.05, 0.1) is 7.11 Å². The SMILES string of the molecule is COC(=O)C(I)CNC(=O)c1ccc(O)c(O)c1. The Balaban J connectivity index is 2.60. The number of esters is 1. The van der Waals surface area contributed by atoms with E-state index in [9.17, 15) is 14.7 Å². The van der Waals surface area contributed by atoms with Crippen LogP contribution in [0.5, 0.6) is 11.5 Å². The number of carbonyl (C=O) groups is 2. The monoisotopic (exact) mass is 365 g/mol. The number of aromatic hydroxyl groups is 2. The maximum atomic E-state index is 11.7. The van der Waals surface area contributed by atoms with Gasteiger partial charge in [-0.3, -0.25) is 9.59 Å². The number of carbonyl (C=O) groups excluding carboxylic acids is 2. The highest BCUT2D eigenvalue weighted by Crippen LogP contribution is 2.24. The molecular formula is C11H12INO5. The molecule has 1 aromatic carbocycles. The number of phenolic OH excluding ortho intramolecular Hbond substituents is 2. The second kappa shape index (κ2) is 6.43. The number of amides is 1. The predicted molar refractivity (Wildman–Crippen MR) is 71.9 cm³/mol. The van der Waals surface area contributed by atoms with E-state index in [1.165, 1.54) is 19.2 Å². The van der Waals surface area contributed by atoms with E-state index in [0.29, 0.717) is 0 Å². The second-order valence-corrected chi connectivity index (χ2v) is 4.91. The van der Waals surface area contributed by atoms with Crippen molar-refractivity contribution < 1.29 is 24.5 Å². The van der Waals surface area contributed by atoms with Gasteiger partial charge in [0, 0.05) is 12.1 Å². The van der Waals surface area contributed by atoms with E-state index in [-0.39, 0.29) is 23.6 Å². The van der Waals surface area contributed by atoms with Gasteiger partial charge in [0.15, 0.2) is 11.5 Å². The van der Waals surface area contributed by atoms with Gasteiger partial charge in [0.1, 0.15) is 3.92 Å². The summed E-state index contributed by atoms with van der Waals surface area (Å²) in [5.74, 6) is -1.55. The Morgan fingerprint density at radius 3 is 2.61 bits per heavy atom. The third kappa shape index (κ3) is 3.76. The minimum atomic E-state index is -0.484. The summed E-state index contributed by atoms with van der Waals surface area (Å²) in [7, 11) is 1.27. The van der Waals surface area contributed by atoms with Gasteiger partial charge in [0.25, 0.3) is 5.91 Å². The molecule has 18 heavy (non-hydrogen) atoms. The Bertz CT molecular complexity index is 463. The van der Waals surface area contributed by atoms with Gasteiger partial charge in [-0.2, -0.15) is 0 Å². The molecule has 3 N–H and O–H groups in total. The number of ether oxygens (including phenoxy) is 1. The standard InChI is InChI=1S/C11H12INO5/c1-18-11(17)7(12)5-13-10(16)6-2-3-8(14)9(15)4-6/h2-4,7,14-15H,5H2,1H3,(H,13,16). The molecule has 0 fully saturated rings. The van der Waals surface area contributed by atoms with E-state index in [1.54, 1.807) is 0 Å². The van der Waals surface area contributed by atoms with Crippen LogP contribution in [0.4, 0.5) is 0 Å². The van der Waals surface area contributed by atoms with Crippen LogP contribution in [0.2, 0.25) is 0 Å². The number of methoxy groups -OCH3 is 1. The van der Waals surface area contributed by atoms with Gasteiger partial charge in [-0.15, -0.1) is 0 Å². The molecule has 0 spiro atoms. The molecular weight excluding hydrogens is 353 g/mol. The molecule has 0 radical (unpaired) electrons. The predicted octanol–water partition coefficient (Wildman–Crippen LogP) is 0.804.